The lowest BCUT2D eigenvalue weighted by atomic mass is 10.2. The topological polar surface area (TPSA) is 67.0 Å². The number of fused-ring (bicyclic) bond motifs is 1. The molecule has 1 aromatic heterocycles. The second-order valence-electron chi connectivity index (χ2n) is 6.36. The van der Waals surface area contributed by atoms with Crippen molar-refractivity contribution in [2.75, 3.05) is 5.32 Å². The largest absolute Gasteiger partial charge is 0.489 e. The number of ether oxygens (including phenoxy) is 1. The van der Waals surface area contributed by atoms with Crippen LogP contribution in [0.2, 0.25) is 0 Å². The molecule has 0 fully saturated rings. The zero-order chi connectivity index (χ0) is 21.3. The third kappa shape index (κ3) is 3.82. The highest BCUT2D eigenvalue weighted by Gasteiger charge is 2.15. The summed E-state index contributed by atoms with van der Waals surface area (Å²) in [4.78, 5) is 12.3. The summed E-state index contributed by atoms with van der Waals surface area (Å²) in [6, 6.07) is 11.4. The number of rotatable bonds is 5. The van der Waals surface area contributed by atoms with Crippen molar-refractivity contribution in [3.63, 3.8) is 0 Å². The van der Waals surface area contributed by atoms with Gasteiger partial charge < -0.3 is 10.1 Å². The lowest BCUT2D eigenvalue weighted by Crippen LogP contribution is -2.14. The van der Waals surface area contributed by atoms with E-state index in [4.69, 9.17) is 4.74 Å². The fourth-order valence-corrected chi connectivity index (χ4v) is 2.84. The Morgan fingerprint density at radius 1 is 0.933 bits per heavy atom. The van der Waals surface area contributed by atoms with Gasteiger partial charge in [-0.25, -0.2) is 17.6 Å². The molecule has 0 saturated carbocycles. The van der Waals surface area contributed by atoms with Crippen LogP contribution in [-0.2, 0) is 6.61 Å². The predicted molar refractivity (Wildman–Crippen MR) is 101 cm³/mol. The number of anilines is 1. The van der Waals surface area contributed by atoms with Crippen LogP contribution in [0.4, 0.5) is 23.4 Å². The molecule has 0 spiro atoms. The summed E-state index contributed by atoms with van der Waals surface area (Å²) in [5.74, 6) is -4.19. The van der Waals surface area contributed by atoms with Crippen LogP contribution in [0.3, 0.4) is 0 Å². The van der Waals surface area contributed by atoms with E-state index in [-0.39, 0.29) is 23.6 Å². The van der Waals surface area contributed by atoms with E-state index in [1.54, 1.807) is 18.2 Å². The fraction of sp³-hybridized carbons (Fsp3) is 0.0476. The Labute approximate surface area is 167 Å². The van der Waals surface area contributed by atoms with E-state index in [9.17, 15) is 22.4 Å². The van der Waals surface area contributed by atoms with Crippen molar-refractivity contribution in [2.45, 2.75) is 6.61 Å². The van der Waals surface area contributed by atoms with Crippen molar-refractivity contribution < 1.29 is 27.1 Å². The number of hydrogen-bond acceptors (Lipinski definition) is 3. The lowest BCUT2D eigenvalue weighted by Gasteiger charge is -2.08. The van der Waals surface area contributed by atoms with Gasteiger partial charge in [0.05, 0.1) is 11.1 Å². The van der Waals surface area contributed by atoms with Crippen molar-refractivity contribution in [1.82, 2.24) is 10.2 Å². The number of nitrogens with zero attached hydrogens (tertiary/aromatic N) is 1. The maximum Gasteiger partial charge on any atom is 0.259 e. The summed E-state index contributed by atoms with van der Waals surface area (Å²) >= 11 is 0. The minimum absolute atomic E-state index is 0.123. The van der Waals surface area contributed by atoms with E-state index in [0.29, 0.717) is 22.7 Å². The van der Waals surface area contributed by atoms with Crippen LogP contribution in [0.25, 0.3) is 10.9 Å². The number of aromatic nitrogens is 2. The Morgan fingerprint density at radius 2 is 1.70 bits per heavy atom. The highest BCUT2D eigenvalue weighted by Crippen LogP contribution is 2.26. The lowest BCUT2D eigenvalue weighted by molar-refractivity contribution is 0.102. The van der Waals surface area contributed by atoms with Crippen molar-refractivity contribution in [3.05, 3.63) is 89.0 Å². The molecule has 0 radical (unpaired) electrons. The van der Waals surface area contributed by atoms with Gasteiger partial charge in [0.25, 0.3) is 5.91 Å². The second kappa shape index (κ2) is 7.86. The van der Waals surface area contributed by atoms with E-state index in [1.165, 1.54) is 24.3 Å². The minimum Gasteiger partial charge on any atom is -0.489 e. The number of H-pyrrole nitrogens is 1. The Bertz CT molecular complexity index is 1260. The van der Waals surface area contributed by atoms with Gasteiger partial charge in [0, 0.05) is 23.1 Å². The number of carbonyl (C=O) groups excluding carboxylic acids is 1. The molecule has 0 aliphatic carbocycles. The monoisotopic (exact) mass is 415 g/mol. The normalized spacial score (nSPS) is 10.9. The molecule has 0 aliphatic rings. The van der Waals surface area contributed by atoms with Crippen molar-refractivity contribution in [3.8, 4) is 5.75 Å². The number of hydrogen-bond donors (Lipinski definition) is 2. The first kappa shape index (κ1) is 19.4. The molecule has 0 aliphatic heterocycles. The van der Waals surface area contributed by atoms with E-state index in [0.717, 1.165) is 6.07 Å². The molecule has 0 atom stereocenters. The molecular weight excluding hydrogens is 402 g/mol. The molecule has 0 saturated heterocycles. The molecular formula is C21H13F4N3O2. The number of amides is 1. The molecule has 3 aromatic carbocycles. The predicted octanol–water partition coefficient (Wildman–Crippen LogP) is 4.95. The van der Waals surface area contributed by atoms with Crippen LogP contribution >= 0.6 is 0 Å². The molecule has 1 heterocycles. The molecule has 4 aromatic rings. The van der Waals surface area contributed by atoms with Crippen molar-refractivity contribution in [2.24, 2.45) is 0 Å². The van der Waals surface area contributed by atoms with Gasteiger partial charge in [-0.3, -0.25) is 9.89 Å². The van der Waals surface area contributed by atoms with Crippen molar-refractivity contribution in [1.29, 1.82) is 0 Å². The van der Waals surface area contributed by atoms with Crippen molar-refractivity contribution >= 4 is 22.6 Å². The van der Waals surface area contributed by atoms with Gasteiger partial charge in [-0.15, -0.1) is 0 Å². The van der Waals surface area contributed by atoms with E-state index < -0.39 is 29.2 Å². The second-order valence-corrected chi connectivity index (χ2v) is 6.36. The van der Waals surface area contributed by atoms with Crippen LogP contribution in [0.1, 0.15) is 15.9 Å². The summed E-state index contributed by atoms with van der Waals surface area (Å²) < 4.78 is 59.2. The zero-order valence-electron chi connectivity index (χ0n) is 15.2. The van der Waals surface area contributed by atoms with Crippen LogP contribution < -0.4 is 10.1 Å². The molecule has 4 rings (SSSR count). The van der Waals surface area contributed by atoms with E-state index in [2.05, 4.69) is 15.5 Å². The van der Waals surface area contributed by atoms with Gasteiger partial charge in [0.1, 0.15) is 24.0 Å². The smallest absolute Gasteiger partial charge is 0.259 e. The van der Waals surface area contributed by atoms with E-state index in [1.807, 2.05) is 0 Å². The molecule has 5 nitrogen and oxygen atoms in total. The molecule has 1 amide bonds. The molecule has 2 N–H and O–H groups in total. The first-order valence-corrected chi connectivity index (χ1v) is 8.72. The first-order valence-electron chi connectivity index (χ1n) is 8.72. The molecule has 152 valence electrons. The third-order valence-electron chi connectivity index (χ3n) is 4.37. The number of aromatic amines is 1. The SMILES string of the molecule is O=C(Nc1n[nH]c2cc(OCc3cc(F)c(F)cc3F)ccc12)c1ccccc1F. The summed E-state index contributed by atoms with van der Waals surface area (Å²) in [7, 11) is 0. The Morgan fingerprint density at radius 3 is 2.50 bits per heavy atom. The van der Waals surface area contributed by atoms with Gasteiger partial charge in [0.15, 0.2) is 17.5 Å². The van der Waals surface area contributed by atoms with Crippen LogP contribution in [0, 0.1) is 23.3 Å². The fourth-order valence-electron chi connectivity index (χ4n) is 2.84. The summed E-state index contributed by atoms with van der Waals surface area (Å²) in [6.45, 7) is -0.320. The Hall–Kier alpha value is -3.88. The van der Waals surface area contributed by atoms with Crippen LogP contribution in [0.5, 0.6) is 5.75 Å². The maximum atomic E-state index is 13.8. The van der Waals surface area contributed by atoms with Crippen LogP contribution in [-0.4, -0.2) is 16.1 Å². The summed E-state index contributed by atoms with van der Waals surface area (Å²) in [5, 5.41) is 9.77. The average molecular weight is 415 g/mol. The minimum atomic E-state index is -1.28. The quantitative estimate of drug-likeness (QED) is 0.358. The molecule has 9 heteroatoms. The summed E-state index contributed by atoms with van der Waals surface area (Å²) in [5.41, 5.74) is 0.223. The maximum absolute atomic E-state index is 13.8. The number of nitrogens with one attached hydrogen (secondary N) is 2. The van der Waals surface area contributed by atoms with Gasteiger partial charge in [-0.1, -0.05) is 12.1 Å². The molecule has 0 bridgehead atoms. The molecule has 30 heavy (non-hydrogen) atoms. The van der Waals surface area contributed by atoms with Gasteiger partial charge >= 0.3 is 0 Å². The van der Waals surface area contributed by atoms with Gasteiger partial charge in [-0.05, 0) is 30.3 Å². The third-order valence-corrected chi connectivity index (χ3v) is 4.37. The summed E-state index contributed by atoms with van der Waals surface area (Å²) in [6.07, 6.45) is 0. The Kier molecular flexibility index (Phi) is 5.09. The number of benzene rings is 3. The highest BCUT2D eigenvalue weighted by molar-refractivity contribution is 6.08. The van der Waals surface area contributed by atoms with Gasteiger partial charge in [-0.2, -0.15) is 5.10 Å². The molecule has 0 unspecified atom stereocenters. The standard InChI is InChI=1S/C21H13F4N3O2/c22-15-4-2-1-3-13(15)21(29)26-20-14-6-5-12(8-19(14)27-28-20)30-10-11-7-17(24)18(25)9-16(11)23/h1-9H,10H2,(H2,26,27,28,29). The first-order chi connectivity index (χ1) is 14.4. The van der Waals surface area contributed by atoms with Gasteiger partial charge in [0.2, 0.25) is 0 Å². The number of carbonyl (C=O) groups is 1. The average Bonchev–Trinajstić information content (AvgIpc) is 3.12. The van der Waals surface area contributed by atoms with Crippen LogP contribution in [0.15, 0.2) is 54.6 Å². The Balaban J connectivity index is 1.50. The van der Waals surface area contributed by atoms with E-state index >= 15 is 0 Å². The number of halogens is 4. The highest BCUT2D eigenvalue weighted by atomic mass is 19.2. The zero-order valence-corrected chi connectivity index (χ0v) is 15.2.